The first-order chi connectivity index (χ1) is 17.0. The van der Waals surface area contributed by atoms with Gasteiger partial charge in [0.05, 0.1) is 12.7 Å². The molecule has 0 spiro atoms. The molecule has 0 saturated heterocycles. The number of amides is 2. The number of hydrogen-bond donors (Lipinski definition) is 3. The van der Waals surface area contributed by atoms with Crippen LogP contribution in [0.2, 0.25) is 0 Å². The Balaban J connectivity index is 1.13. The van der Waals surface area contributed by atoms with Gasteiger partial charge >= 0.3 is 12.1 Å². The predicted octanol–water partition coefficient (Wildman–Crippen LogP) is 4.16. The molecule has 0 aliphatic heterocycles. The SMILES string of the molecule is O=C(NCc1ncc(C(=O)N[C@@H](CC2CC2)C(=O)O)s1)OCC1c2ccccc2-c2ccccc21. The van der Waals surface area contributed by atoms with E-state index in [-0.39, 0.29) is 19.1 Å². The van der Waals surface area contributed by atoms with Gasteiger partial charge in [-0.25, -0.2) is 14.6 Å². The van der Waals surface area contributed by atoms with Crippen LogP contribution < -0.4 is 10.6 Å². The van der Waals surface area contributed by atoms with Crippen LogP contribution in [-0.2, 0) is 16.1 Å². The third kappa shape index (κ3) is 5.19. The van der Waals surface area contributed by atoms with Gasteiger partial charge in [0.15, 0.2) is 0 Å². The molecule has 3 aromatic rings. The van der Waals surface area contributed by atoms with E-state index in [1.165, 1.54) is 6.20 Å². The van der Waals surface area contributed by atoms with E-state index in [9.17, 15) is 19.5 Å². The number of rotatable bonds is 9. The molecule has 8 nitrogen and oxygen atoms in total. The van der Waals surface area contributed by atoms with Crippen LogP contribution in [0.1, 0.15) is 51.0 Å². The molecule has 0 unspecified atom stereocenters. The summed E-state index contributed by atoms with van der Waals surface area (Å²) in [4.78, 5) is 40.7. The van der Waals surface area contributed by atoms with E-state index in [0.717, 1.165) is 46.4 Å². The van der Waals surface area contributed by atoms with Gasteiger partial charge in [0.1, 0.15) is 22.5 Å². The maximum Gasteiger partial charge on any atom is 0.407 e. The van der Waals surface area contributed by atoms with E-state index in [4.69, 9.17) is 4.74 Å². The fraction of sp³-hybridized carbons (Fsp3) is 0.308. The van der Waals surface area contributed by atoms with Gasteiger partial charge in [0.25, 0.3) is 5.91 Å². The third-order valence-corrected chi connectivity index (χ3v) is 7.37. The van der Waals surface area contributed by atoms with E-state index >= 15 is 0 Å². The maximum atomic E-state index is 12.4. The molecule has 1 saturated carbocycles. The minimum Gasteiger partial charge on any atom is -0.480 e. The molecule has 5 rings (SSSR count). The second-order valence-electron chi connectivity index (χ2n) is 8.84. The predicted molar refractivity (Wildman–Crippen MR) is 130 cm³/mol. The monoisotopic (exact) mass is 491 g/mol. The molecule has 35 heavy (non-hydrogen) atoms. The second-order valence-corrected chi connectivity index (χ2v) is 9.96. The Morgan fingerprint density at radius 1 is 1.06 bits per heavy atom. The van der Waals surface area contributed by atoms with Crippen molar-refractivity contribution >= 4 is 29.3 Å². The van der Waals surface area contributed by atoms with E-state index < -0.39 is 24.0 Å². The van der Waals surface area contributed by atoms with Gasteiger partial charge in [0, 0.05) is 5.92 Å². The molecule has 0 bridgehead atoms. The summed E-state index contributed by atoms with van der Waals surface area (Å²) >= 11 is 1.11. The van der Waals surface area contributed by atoms with E-state index in [1.807, 2.05) is 24.3 Å². The summed E-state index contributed by atoms with van der Waals surface area (Å²) in [6.07, 6.45) is 3.28. The van der Waals surface area contributed by atoms with Crippen LogP contribution in [0.5, 0.6) is 0 Å². The number of carboxylic acid groups (broad SMARTS) is 1. The molecular weight excluding hydrogens is 466 g/mol. The van der Waals surface area contributed by atoms with E-state index in [1.54, 1.807) is 0 Å². The first-order valence-corrected chi connectivity index (χ1v) is 12.4. The van der Waals surface area contributed by atoms with Crippen LogP contribution in [0.15, 0.2) is 54.7 Å². The highest BCUT2D eigenvalue weighted by molar-refractivity contribution is 7.13. The minimum atomic E-state index is -1.04. The molecule has 3 N–H and O–H groups in total. The number of hydrogen-bond acceptors (Lipinski definition) is 6. The molecule has 1 heterocycles. The first-order valence-electron chi connectivity index (χ1n) is 11.6. The number of thiazole rings is 1. The highest BCUT2D eigenvalue weighted by Crippen LogP contribution is 2.44. The second kappa shape index (κ2) is 9.87. The number of aromatic nitrogens is 1. The summed E-state index contributed by atoms with van der Waals surface area (Å²) in [7, 11) is 0. The van der Waals surface area contributed by atoms with E-state index in [2.05, 4.69) is 39.9 Å². The van der Waals surface area contributed by atoms with Crippen molar-refractivity contribution in [2.24, 2.45) is 5.92 Å². The fourth-order valence-electron chi connectivity index (χ4n) is 4.43. The summed E-state index contributed by atoms with van der Waals surface area (Å²) in [5.41, 5.74) is 4.60. The lowest BCUT2D eigenvalue weighted by atomic mass is 9.98. The number of fused-ring (bicyclic) bond motifs is 3. The molecule has 1 atom stereocenters. The fourth-order valence-corrected chi connectivity index (χ4v) is 5.19. The van der Waals surface area contributed by atoms with Gasteiger partial charge in [-0.2, -0.15) is 0 Å². The Labute approximate surface area is 206 Å². The summed E-state index contributed by atoms with van der Waals surface area (Å²) in [6, 6.07) is 15.3. The Kier molecular flexibility index (Phi) is 6.50. The Morgan fingerprint density at radius 2 is 1.71 bits per heavy atom. The average Bonchev–Trinajstić information content (AvgIpc) is 3.45. The van der Waals surface area contributed by atoms with Crippen LogP contribution in [0, 0.1) is 5.92 Å². The lowest BCUT2D eigenvalue weighted by Crippen LogP contribution is -2.40. The number of nitrogens with one attached hydrogen (secondary N) is 2. The summed E-state index contributed by atoms with van der Waals surface area (Å²) < 4.78 is 5.52. The molecule has 2 aliphatic carbocycles. The van der Waals surface area contributed by atoms with Crippen molar-refractivity contribution in [2.45, 2.75) is 37.8 Å². The van der Waals surface area contributed by atoms with Gasteiger partial charge in [-0.1, -0.05) is 61.4 Å². The van der Waals surface area contributed by atoms with Crippen molar-refractivity contribution in [1.29, 1.82) is 0 Å². The molecule has 9 heteroatoms. The lowest BCUT2D eigenvalue weighted by Gasteiger charge is -2.14. The van der Waals surface area contributed by atoms with Crippen LogP contribution in [-0.4, -0.2) is 40.7 Å². The quantitative estimate of drug-likeness (QED) is 0.414. The number of carbonyl (C=O) groups is 3. The van der Waals surface area contributed by atoms with Crippen molar-refractivity contribution in [3.05, 3.63) is 75.7 Å². The number of benzene rings is 2. The number of alkyl carbamates (subject to hydrolysis) is 1. The number of ether oxygens (including phenoxy) is 1. The van der Waals surface area contributed by atoms with Crippen LogP contribution in [0.3, 0.4) is 0 Å². The Bertz CT molecular complexity index is 1220. The van der Waals surface area contributed by atoms with Crippen molar-refractivity contribution in [3.8, 4) is 11.1 Å². The highest BCUT2D eigenvalue weighted by atomic mass is 32.1. The van der Waals surface area contributed by atoms with Gasteiger partial charge in [-0.05, 0) is 34.6 Å². The smallest absolute Gasteiger partial charge is 0.407 e. The van der Waals surface area contributed by atoms with Gasteiger partial charge in [-0.3, -0.25) is 4.79 Å². The topological polar surface area (TPSA) is 118 Å². The molecule has 1 aromatic heterocycles. The largest absolute Gasteiger partial charge is 0.480 e. The summed E-state index contributed by atoms with van der Waals surface area (Å²) in [5, 5.41) is 15.1. The van der Waals surface area contributed by atoms with Gasteiger partial charge in [0.2, 0.25) is 0 Å². The number of carboxylic acids is 1. The number of carbonyl (C=O) groups excluding carboxylic acids is 2. The highest BCUT2D eigenvalue weighted by Gasteiger charge is 2.31. The third-order valence-electron chi connectivity index (χ3n) is 6.37. The zero-order valence-electron chi connectivity index (χ0n) is 18.9. The van der Waals surface area contributed by atoms with Gasteiger partial charge < -0.3 is 20.5 Å². The standard InChI is InChI=1S/C26H25N3O5S/c30-24(29-21(25(31)32)11-15-9-10-15)22-12-27-23(35-22)13-28-26(33)34-14-20-18-7-3-1-5-16(18)17-6-2-4-8-19(17)20/h1-8,12,15,20-21H,9-11,13-14H2,(H,28,33)(H,29,30)(H,31,32)/t21-/m0/s1. The minimum absolute atomic E-state index is 0.0267. The summed E-state index contributed by atoms with van der Waals surface area (Å²) in [5.74, 6) is -1.16. The van der Waals surface area contributed by atoms with Crippen molar-refractivity contribution in [2.75, 3.05) is 6.61 Å². The molecule has 2 aromatic carbocycles. The van der Waals surface area contributed by atoms with E-state index in [0.29, 0.717) is 22.2 Å². The van der Waals surface area contributed by atoms with Crippen LogP contribution in [0.25, 0.3) is 11.1 Å². The average molecular weight is 492 g/mol. The summed E-state index contributed by atoms with van der Waals surface area (Å²) in [6.45, 7) is 0.321. The zero-order valence-corrected chi connectivity index (χ0v) is 19.7. The maximum absolute atomic E-state index is 12.4. The van der Waals surface area contributed by atoms with Crippen molar-refractivity contribution < 1.29 is 24.2 Å². The molecule has 2 amide bonds. The lowest BCUT2D eigenvalue weighted by molar-refractivity contribution is -0.139. The van der Waals surface area contributed by atoms with Crippen LogP contribution >= 0.6 is 11.3 Å². The first kappa shape index (κ1) is 23.0. The molecule has 0 radical (unpaired) electrons. The Hall–Kier alpha value is -3.72. The number of nitrogens with zero attached hydrogens (tertiary/aromatic N) is 1. The molecule has 2 aliphatic rings. The molecule has 180 valence electrons. The number of aliphatic carboxylic acids is 1. The van der Waals surface area contributed by atoms with Crippen LogP contribution in [0.4, 0.5) is 4.79 Å². The normalized spacial score (nSPS) is 15.1. The van der Waals surface area contributed by atoms with Crippen molar-refractivity contribution in [3.63, 3.8) is 0 Å². The van der Waals surface area contributed by atoms with Crippen molar-refractivity contribution in [1.82, 2.24) is 15.6 Å². The van der Waals surface area contributed by atoms with Gasteiger partial charge in [-0.15, -0.1) is 11.3 Å². The Morgan fingerprint density at radius 3 is 2.34 bits per heavy atom. The molecular formula is C26H25N3O5S. The zero-order chi connectivity index (χ0) is 24.4. The molecule has 1 fully saturated rings.